The number of aliphatic hydroxyl groups excluding tert-OH is 2. The number of ether oxygens (including phenoxy) is 2. The number of hydrogen-bond donors (Lipinski definition) is 3. The Morgan fingerprint density at radius 1 is 1.22 bits per heavy atom. The summed E-state index contributed by atoms with van der Waals surface area (Å²) in [5.74, 6) is 1.60. The molecule has 0 bridgehead atoms. The van der Waals surface area contributed by atoms with E-state index in [1.54, 1.807) is 0 Å². The second-order valence-corrected chi connectivity index (χ2v) is 4.27. The Hall–Kier alpha value is -1.30. The van der Waals surface area contributed by atoms with Crippen molar-refractivity contribution in [3.05, 3.63) is 23.8 Å². The summed E-state index contributed by atoms with van der Waals surface area (Å²) in [7, 11) is 0. The molecule has 0 saturated carbocycles. The number of nitrogens with one attached hydrogen (secondary N) is 1. The molecule has 1 aromatic rings. The smallest absolute Gasteiger partial charge is 0.161 e. The molecule has 1 atom stereocenters. The molecule has 0 aliphatic carbocycles. The lowest BCUT2D eigenvalue weighted by molar-refractivity contribution is 0.0947. The van der Waals surface area contributed by atoms with Gasteiger partial charge < -0.3 is 25.0 Å². The molecule has 1 aromatic carbocycles. The van der Waals surface area contributed by atoms with Gasteiger partial charge in [0, 0.05) is 6.54 Å². The van der Waals surface area contributed by atoms with Crippen molar-refractivity contribution in [3.63, 3.8) is 0 Å². The van der Waals surface area contributed by atoms with Crippen molar-refractivity contribution in [2.75, 3.05) is 32.9 Å². The SMILES string of the molecule is OC[C@@H](O)CNCCc1ccc2c(c1)OCCO2. The van der Waals surface area contributed by atoms with Gasteiger partial charge in [-0.15, -0.1) is 0 Å². The first kappa shape index (κ1) is 13.1. The number of fused-ring (bicyclic) bond motifs is 1. The molecule has 0 fully saturated rings. The predicted octanol–water partition coefficient (Wildman–Crippen LogP) is -0.0569. The minimum Gasteiger partial charge on any atom is -0.486 e. The first-order valence-electron chi connectivity index (χ1n) is 6.18. The van der Waals surface area contributed by atoms with Crippen LogP contribution in [0.2, 0.25) is 0 Å². The average Bonchev–Trinajstić information content (AvgIpc) is 2.43. The largest absolute Gasteiger partial charge is 0.486 e. The van der Waals surface area contributed by atoms with Crippen molar-refractivity contribution in [2.45, 2.75) is 12.5 Å². The molecule has 1 aliphatic rings. The van der Waals surface area contributed by atoms with Gasteiger partial charge in [-0.05, 0) is 30.7 Å². The van der Waals surface area contributed by atoms with Crippen LogP contribution >= 0.6 is 0 Å². The Morgan fingerprint density at radius 2 is 2.00 bits per heavy atom. The molecule has 0 spiro atoms. The highest BCUT2D eigenvalue weighted by Gasteiger charge is 2.11. The van der Waals surface area contributed by atoms with E-state index >= 15 is 0 Å². The zero-order valence-corrected chi connectivity index (χ0v) is 10.3. The topological polar surface area (TPSA) is 71.0 Å². The quantitative estimate of drug-likeness (QED) is 0.620. The van der Waals surface area contributed by atoms with Gasteiger partial charge in [-0.25, -0.2) is 0 Å². The molecule has 0 unspecified atom stereocenters. The van der Waals surface area contributed by atoms with Crippen LogP contribution < -0.4 is 14.8 Å². The van der Waals surface area contributed by atoms with Crippen LogP contribution in [-0.2, 0) is 6.42 Å². The van der Waals surface area contributed by atoms with Crippen LogP contribution in [0.4, 0.5) is 0 Å². The van der Waals surface area contributed by atoms with E-state index < -0.39 is 6.10 Å². The van der Waals surface area contributed by atoms with Crippen molar-refractivity contribution >= 4 is 0 Å². The minimum absolute atomic E-state index is 0.211. The van der Waals surface area contributed by atoms with E-state index in [0.717, 1.165) is 30.0 Å². The Kier molecular flexibility index (Phi) is 4.81. The third kappa shape index (κ3) is 3.60. The van der Waals surface area contributed by atoms with Crippen LogP contribution in [0.15, 0.2) is 18.2 Å². The van der Waals surface area contributed by atoms with E-state index in [0.29, 0.717) is 19.8 Å². The molecule has 18 heavy (non-hydrogen) atoms. The summed E-state index contributed by atoms with van der Waals surface area (Å²) in [5.41, 5.74) is 1.16. The average molecular weight is 253 g/mol. The van der Waals surface area contributed by atoms with E-state index in [1.165, 1.54) is 0 Å². The van der Waals surface area contributed by atoms with Crippen molar-refractivity contribution in [1.29, 1.82) is 0 Å². The zero-order chi connectivity index (χ0) is 12.8. The Labute approximate surface area is 106 Å². The summed E-state index contributed by atoms with van der Waals surface area (Å²) >= 11 is 0. The zero-order valence-electron chi connectivity index (χ0n) is 10.3. The summed E-state index contributed by atoms with van der Waals surface area (Å²) < 4.78 is 11.0. The van der Waals surface area contributed by atoms with Gasteiger partial charge in [0.15, 0.2) is 11.5 Å². The van der Waals surface area contributed by atoms with Crippen molar-refractivity contribution < 1.29 is 19.7 Å². The Morgan fingerprint density at radius 3 is 2.78 bits per heavy atom. The molecule has 1 aliphatic heterocycles. The highest BCUT2D eigenvalue weighted by atomic mass is 16.6. The van der Waals surface area contributed by atoms with Crippen molar-refractivity contribution in [3.8, 4) is 11.5 Å². The monoisotopic (exact) mass is 253 g/mol. The van der Waals surface area contributed by atoms with E-state index in [1.807, 2.05) is 18.2 Å². The van der Waals surface area contributed by atoms with Crippen LogP contribution in [0.1, 0.15) is 5.56 Å². The fourth-order valence-corrected chi connectivity index (χ4v) is 1.81. The van der Waals surface area contributed by atoms with Crippen LogP contribution in [0, 0.1) is 0 Å². The molecule has 3 N–H and O–H groups in total. The standard InChI is InChI=1S/C13H19NO4/c15-9-11(16)8-14-4-3-10-1-2-12-13(7-10)18-6-5-17-12/h1-2,7,11,14-16H,3-6,8-9H2/t11-/m0/s1. The molecule has 0 radical (unpaired) electrons. The summed E-state index contributed by atoms with van der Waals surface area (Å²) in [6, 6.07) is 5.92. The van der Waals surface area contributed by atoms with E-state index in [-0.39, 0.29) is 6.61 Å². The van der Waals surface area contributed by atoms with Crippen LogP contribution in [0.3, 0.4) is 0 Å². The molecular formula is C13H19NO4. The lowest BCUT2D eigenvalue weighted by Gasteiger charge is -2.19. The van der Waals surface area contributed by atoms with E-state index in [9.17, 15) is 0 Å². The lowest BCUT2D eigenvalue weighted by atomic mass is 10.1. The molecule has 5 heteroatoms. The summed E-state index contributed by atoms with van der Waals surface area (Å²) in [5, 5.41) is 20.9. The second-order valence-electron chi connectivity index (χ2n) is 4.27. The van der Waals surface area contributed by atoms with Gasteiger partial charge in [-0.1, -0.05) is 6.07 Å². The van der Waals surface area contributed by atoms with Gasteiger partial charge in [0.2, 0.25) is 0 Å². The summed E-state index contributed by atoms with van der Waals surface area (Å²) in [6.07, 6.45) is 0.152. The minimum atomic E-state index is -0.690. The summed E-state index contributed by atoms with van der Waals surface area (Å²) in [6.45, 7) is 2.14. The van der Waals surface area contributed by atoms with Gasteiger partial charge in [0.05, 0.1) is 12.7 Å². The van der Waals surface area contributed by atoms with Gasteiger partial charge in [-0.2, -0.15) is 0 Å². The maximum Gasteiger partial charge on any atom is 0.161 e. The van der Waals surface area contributed by atoms with Gasteiger partial charge in [0.25, 0.3) is 0 Å². The first-order chi connectivity index (χ1) is 8.79. The number of rotatable bonds is 6. The third-order valence-electron chi connectivity index (χ3n) is 2.79. The number of aliphatic hydroxyl groups is 2. The summed E-state index contributed by atoms with van der Waals surface area (Å²) in [4.78, 5) is 0. The predicted molar refractivity (Wildman–Crippen MR) is 67.1 cm³/mol. The lowest BCUT2D eigenvalue weighted by Crippen LogP contribution is -2.30. The van der Waals surface area contributed by atoms with Crippen molar-refractivity contribution in [2.24, 2.45) is 0 Å². The Balaban J connectivity index is 1.79. The van der Waals surface area contributed by atoms with E-state index in [2.05, 4.69) is 5.32 Å². The van der Waals surface area contributed by atoms with Gasteiger partial charge >= 0.3 is 0 Å². The number of benzene rings is 1. The molecule has 2 rings (SSSR count). The molecule has 0 aromatic heterocycles. The molecule has 1 heterocycles. The Bertz CT molecular complexity index is 383. The fourth-order valence-electron chi connectivity index (χ4n) is 1.81. The van der Waals surface area contributed by atoms with Crippen LogP contribution in [0.25, 0.3) is 0 Å². The van der Waals surface area contributed by atoms with Crippen molar-refractivity contribution in [1.82, 2.24) is 5.32 Å². The highest BCUT2D eigenvalue weighted by Crippen LogP contribution is 2.30. The van der Waals surface area contributed by atoms with Crippen LogP contribution in [0.5, 0.6) is 11.5 Å². The van der Waals surface area contributed by atoms with Gasteiger partial charge in [0.1, 0.15) is 13.2 Å². The third-order valence-corrected chi connectivity index (χ3v) is 2.79. The van der Waals surface area contributed by atoms with E-state index in [4.69, 9.17) is 19.7 Å². The molecular weight excluding hydrogens is 234 g/mol. The molecule has 0 saturated heterocycles. The second kappa shape index (κ2) is 6.58. The normalized spacial score (nSPS) is 15.4. The maximum atomic E-state index is 9.16. The van der Waals surface area contributed by atoms with Gasteiger partial charge in [-0.3, -0.25) is 0 Å². The molecule has 0 amide bonds. The fraction of sp³-hybridized carbons (Fsp3) is 0.538. The molecule has 5 nitrogen and oxygen atoms in total. The highest BCUT2D eigenvalue weighted by molar-refractivity contribution is 5.43. The molecule has 100 valence electrons. The maximum absolute atomic E-state index is 9.16. The van der Waals surface area contributed by atoms with Crippen LogP contribution in [-0.4, -0.2) is 49.2 Å². The number of hydrogen-bond acceptors (Lipinski definition) is 5. The first-order valence-corrected chi connectivity index (χ1v) is 6.18.